The van der Waals surface area contributed by atoms with Gasteiger partial charge in [-0.1, -0.05) is 0 Å². The number of aromatic amines is 1. The van der Waals surface area contributed by atoms with Crippen molar-refractivity contribution in [1.29, 1.82) is 0 Å². The predicted octanol–water partition coefficient (Wildman–Crippen LogP) is 2.60. The molecule has 3 rings (SSSR count). The van der Waals surface area contributed by atoms with E-state index >= 15 is 0 Å². The Hall–Kier alpha value is -2.12. The van der Waals surface area contributed by atoms with Crippen LogP contribution in [0.2, 0.25) is 0 Å². The molecule has 1 saturated heterocycles. The van der Waals surface area contributed by atoms with E-state index in [1.165, 1.54) is 6.07 Å². The Balaban J connectivity index is 1.31. The maximum Gasteiger partial charge on any atom is 0.190 e. The lowest BCUT2D eigenvalue weighted by Gasteiger charge is -2.13. The molecule has 1 aromatic heterocycles. The highest BCUT2D eigenvalue weighted by Gasteiger charge is 2.14. The van der Waals surface area contributed by atoms with Crippen LogP contribution < -0.4 is 10.6 Å². The van der Waals surface area contributed by atoms with Crippen molar-refractivity contribution in [2.75, 3.05) is 40.0 Å². The van der Waals surface area contributed by atoms with Gasteiger partial charge in [-0.2, -0.15) is 0 Å². The molecule has 2 aromatic rings. The van der Waals surface area contributed by atoms with E-state index in [1.807, 2.05) is 6.20 Å². The number of guanidine groups is 1. The number of fused-ring (bicyclic) bond motifs is 1. The van der Waals surface area contributed by atoms with Gasteiger partial charge in [-0.25, -0.2) is 4.39 Å². The van der Waals surface area contributed by atoms with E-state index in [4.69, 9.17) is 9.47 Å². The van der Waals surface area contributed by atoms with Gasteiger partial charge in [-0.3, -0.25) is 4.99 Å². The van der Waals surface area contributed by atoms with E-state index in [2.05, 4.69) is 20.6 Å². The summed E-state index contributed by atoms with van der Waals surface area (Å²) < 4.78 is 24.6. The number of nitrogens with one attached hydrogen (secondary N) is 3. The van der Waals surface area contributed by atoms with E-state index in [0.717, 1.165) is 67.8 Å². The smallest absolute Gasteiger partial charge is 0.190 e. The fourth-order valence-electron chi connectivity index (χ4n) is 3.27. The number of hydrogen-bond donors (Lipinski definition) is 3. The van der Waals surface area contributed by atoms with Gasteiger partial charge in [0.25, 0.3) is 0 Å². The van der Waals surface area contributed by atoms with E-state index in [9.17, 15) is 4.39 Å². The zero-order valence-electron chi connectivity index (χ0n) is 15.9. The molecule has 1 atom stereocenters. The van der Waals surface area contributed by atoms with Crippen LogP contribution in [-0.4, -0.2) is 57.0 Å². The number of H-pyrrole nitrogens is 1. The Morgan fingerprint density at radius 2 is 2.26 bits per heavy atom. The van der Waals surface area contributed by atoms with Gasteiger partial charge in [0.2, 0.25) is 0 Å². The van der Waals surface area contributed by atoms with Crippen LogP contribution in [0.3, 0.4) is 0 Å². The van der Waals surface area contributed by atoms with Crippen LogP contribution in [0.5, 0.6) is 0 Å². The van der Waals surface area contributed by atoms with E-state index in [1.54, 1.807) is 19.2 Å². The van der Waals surface area contributed by atoms with Gasteiger partial charge in [0.1, 0.15) is 5.82 Å². The van der Waals surface area contributed by atoms with Gasteiger partial charge >= 0.3 is 0 Å². The van der Waals surface area contributed by atoms with Crippen LogP contribution in [0.4, 0.5) is 4.39 Å². The monoisotopic (exact) mass is 376 g/mol. The average Bonchev–Trinajstić information content (AvgIpc) is 3.33. The van der Waals surface area contributed by atoms with Crippen molar-refractivity contribution in [2.24, 2.45) is 4.99 Å². The largest absolute Gasteiger partial charge is 0.379 e. The first kappa shape index (κ1) is 19.6. The molecule has 0 radical (unpaired) electrons. The van der Waals surface area contributed by atoms with Crippen LogP contribution in [0.25, 0.3) is 10.9 Å². The van der Waals surface area contributed by atoms with Crippen molar-refractivity contribution in [1.82, 2.24) is 15.6 Å². The van der Waals surface area contributed by atoms with Crippen molar-refractivity contribution in [2.45, 2.75) is 31.8 Å². The highest BCUT2D eigenvalue weighted by molar-refractivity contribution is 5.83. The number of nitrogens with zero attached hydrogens (tertiary/aromatic N) is 1. The van der Waals surface area contributed by atoms with Gasteiger partial charge in [-0.05, 0) is 49.4 Å². The molecule has 7 heteroatoms. The fourth-order valence-corrected chi connectivity index (χ4v) is 3.27. The summed E-state index contributed by atoms with van der Waals surface area (Å²) >= 11 is 0. The Bertz CT molecular complexity index is 741. The van der Waals surface area contributed by atoms with Gasteiger partial charge in [0.05, 0.1) is 12.7 Å². The first-order valence-corrected chi connectivity index (χ1v) is 9.65. The number of hydrogen-bond acceptors (Lipinski definition) is 3. The zero-order chi connectivity index (χ0) is 18.9. The molecule has 1 unspecified atom stereocenters. The van der Waals surface area contributed by atoms with Crippen molar-refractivity contribution in [3.8, 4) is 0 Å². The summed E-state index contributed by atoms with van der Waals surface area (Å²) in [5.74, 6) is 0.552. The number of benzene rings is 1. The predicted molar refractivity (Wildman–Crippen MR) is 106 cm³/mol. The molecule has 0 saturated carbocycles. The maximum atomic E-state index is 13.4. The average molecular weight is 376 g/mol. The van der Waals surface area contributed by atoms with E-state index in [0.29, 0.717) is 13.2 Å². The van der Waals surface area contributed by atoms with Gasteiger partial charge < -0.3 is 25.1 Å². The van der Waals surface area contributed by atoms with Gasteiger partial charge in [-0.15, -0.1) is 0 Å². The number of halogens is 1. The Kier molecular flexibility index (Phi) is 7.47. The Morgan fingerprint density at radius 1 is 1.37 bits per heavy atom. The highest BCUT2D eigenvalue weighted by atomic mass is 19.1. The summed E-state index contributed by atoms with van der Waals surface area (Å²) in [5.41, 5.74) is 2.05. The molecular weight excluding hydrogens is 347 g/mol. The molecule has 1 aliphatic rings. The quantitative estimate of drug-likeness (QED) is 0.357. The minimum absolute atomic E-state index is 0.213. The number of aromatic nitrogens is 1. The Morgan fingerprint density at radius 3 is 3.07 bits per heavy atom. The standard InChI is InChI=1S/C20H29FN4O2/c1-22-20(23-8-3-10-26-14-17-4-2-11-27-17)24-9-7-15-13-25-19-6-5-16(21)12-18(15)19/h5-6,12-13,17,25H,2-4,7-11,14H2,1H3,(H2,22,23,24). The molecule has 2 heterocycles. The molecule has 0 aliphatic carbocycles. The fraction of sp³-hybridized carbons (Fsp3) is 0.550. The lowest BCUT2D eigenvalue weighted by atomic mass is 10.1. The van der Waals surface area contributed by atoms with Crippen LogP contribution in [0.15, 0.2) is 29.4 Å². The van der Waals surface area contributed by atoms with Gasteiger partial charge in [0, 0.05) is 50.5 Å². The molecule has 0 bridgehead atoms. The molecule has 1 aliphatic heterocycles. The minimum Gasteiger partial charge on any atom is -0.379 e. The normalized spacial score (nSPS) is 17.6. The lowest BCUT2D eigenvalue weighted by Crippen LogP contribution is -2.39. The summed E-state index contributed by atoms with van der Waals surface area (Å²) in [6, 6.07) is 4.81. The van der Waals surface area contributed by atoms with Crippen molar-refractivity contribution in [3.05, 3.63) is 35.8 Å². The molecular formula is C20H29FN4O2. The second-order valence-corrected chi connectivity index (χ2v) is 6.74. The molecule has 148 valence electrons. The number of aliphatic imine (C=N–C) groups is 1. The summed E-state index contributed by atoms with van der Waals surface area (Å²) in [6.45, 7) is 3.79. The molecule has 0 spiro atoms. The first-order valence-electron chi connectivity index (χ1n) is 9.65. The molecule has 1 aromatic carbocycles. The molecule has 6 nitrogen and oxygen atoms in total. The van der Waals surface area contributed by atoms with E-state index in [-0.39, 0.29) is 11.9 Å². The number of rotatable bonds is 9. The van der Waals surface area contributed by atoms with Crippen LogP contribution in [-0.2, 0) is 15.9 Å². The highest BCUT2D eigenvalue weighted by Crippen LogP contribution is 2.19. The molecule has 1 fully saturated rings. The summed E-state index contributed by atoms with van der Waals surface area (Å²) in [4.78, 5) is 7.41. The second kappa shape index (κ2) is 10.3. The SMILES string of the molecule is CN=C(NCCCOCC1CCCO1)NCCc1c[nH]c2ccc(F)cc12. The Labute approximate surface area is 159 Å². The van der Waals surface area contributed by atoms with Crippen molar-refractivity contribution < 1.29 is 13.9 Å². The minimum atomic E-state index is -0.213. The van der Waals surface area contributed by atoms with Crippen LogP contribution in [0, 0.1) is 5.82 Å². The van der Waals surface area contributed by atoms with Crippen LogP contribution >= 0.6 is 0 Å². The van der Waals surface area contributed by atoms with Gasteiger partial charge in [0.15, 0.2) is 5.96 Å². The topological polar surface area (TPSA) is 70.7 Å². The lowest BCUT2D eigenvalue weighted by molar-refractivity contribution is 0.0168. The summed E-state index contributed by atoms with van der Waals surface area (Å²) in [6.07, 6.45) is 6.17. The first-order chi connectivity index (χ1) is 13.3. The van der Waals surface area contributed by atoms with E-state index < -0.39 is 0 Å². The number of ether oxygens (including phenoxy) is 2. The van der Waals surface area contributed by atoms with Crippen molar-refractivity contribution >= 4 is 16.9 Å². The molecule has 27 heavy (non-hydrogen) atoms. The summed E-state index contributed by atoms with van der Waals surface area (Å²) in [7, 11) is 1.75. The third-order valence-corrected chi connectivity index (χ3v) is 4.73. The molecule has 0 amide bonds. The third-order valence-electron chi connectivity index (χ3n) is 4.73. The van der Waals surface area contributed by atoms with Crippen LogP contribution in [0.1, 0.15) is 24.8 Å². The third kappa shape index (κ3) is 5.94. The molecule has 3 N–H and O–H groups in total. The zero-order valence-corrected chi connectivity index (χ0v) is 15.9. The second-order valence-electron chi connectivity index (χ2n) is 6.74. The van der Waals surface area contributed by atoms with Crippen molar-refractivity contribution in [3.63, 3.8) is 0 Å². The maximum absolute atomic E-state index is 13.4. The summed E-state index contributed by atoms with van der Waals surface area (Å²) in [5, 5.41) is 7.51.